The second-order valence-corrected chi connectivity index (χ2v) is 4.94. The minimum atomic E-state index is -4.56. The fraction of sp³-hybridized carbons (Fsp3) is 0.182. The quantitative estimate of drug-likeness (QED) is 0.689. The van der Waals surface area contributed by atoms with Gasteiger partial charge in [-0.2, -0.15) is 22.8 Å². The first-order valence-corrected chi connectivity index (χ1v) is 6.13. The van der Waals surface area contributed by atoms with Gasteiger partial charge in [-0.05, 0) is 6.92 Å². The van der Waals surface area contributed by atoms with Crippen molar-refractivity contribution < 1.29 is 13.2 Å². The minimum Gasteiger partial charge on any atom is -0.178 e. The van der Waals surface area contributed by atoms with Crippen LogP contribution in [0, 0.1) is 6.92 Å². The van der Waals surface area contributed by atoms with Gasteiger partial charge in [-0.1, -0.05) is 41.2 Å². The van der Waals surface area contributed by atoms with Gasteiger partial charge in [-0.3, -0.25) is 0 Å². The average Bonchev–Trinajstić information content (AvgIpc) is 2.87. The highest BCUT2D eigenvalue weighted by atomic mass is 32.1. The number of hydrogen-bond acceptors (Lipinski definition) is 4. The van der Waals surface area contributed by atoms with Gasteiger partial charge < -0.3 is 0 Å². The summed E-state index contributed by atoms with van der Waals surface area (Å²) < 4.78 is 38.7. The Balaban J connectivity index is 2.12. The third-order valence-corrected chi connectivity index (χ3v) is 3.49. The van der Waals surface area contributed by atoms with Crippen LogP contribution >= 0.6 is 11.3 Å². The monoisotopic (exact) mass is 284 g/mol. The van der Waals surface area contributed by atoms with Crippen LogP contribution in [0.25, 0.3) is 15.5 Å². The predicted molar refractivity (Wildman–Crippen MR) is 63.8 cm³/mol. The summed E-state index contributed by atoms with van der Waals surface area (Å²) in [5.74, 6) is -1.10. The van der Waals surface area contributed by atoms with Crippen LogP contribution in [0.5, 0.6) is 0 Å². The third kappa shape index (κ3) is 2.07. The van der Waals surface area contributed by atoms with Crippen LogP contribution in [0.1, 0.15) is 11.4 Å². The lowest BCUT2D eigenvalue weighted by molar-refractivity contribution is -0.146. The zero-order valence-corrected chi connectivity index (χ0v) is 10.5. The number of aromatic nitrogens is 4. The molecule has 0 saturated carbocycles. The Morgan fingerprint density at radius 3 is 2.42 bits per heavy atom. The zero-order valence-electron chi connectivity index (χ0n) is 9.64. The molecule has 3 rings (SSSR count). The largest absolute Gasteiger partial charge is 0.453 e. The summed E-state index contributed by atoms with van der Waals surface area (Å²) in [6.45, 7) is 1.93. The van der Waals surface area contributed by atoms with Gasteiger partial charge in [0.25, 0.3) is 5.82 Å². The van der Waals surface area contributed by atoms with Crippen molar-refractivity contribution in [2.24, 2.45) is 0 Å². The van der Waals surface area contributed by atoms with Gasteiger partial charge in [-0.25, -0.2) is 0 Å². The van der Waals surface area contributed by atoms with Gasteiger partial charge in [0, 0.05) is 5.56 Å². The molecule has 0 fully saturated rings. The molecule has 0 aliphatic carbocycles. The van der Waals surface area contributed by atoms with Crippen molar-refractivity contribution in [3.63, 3.8) is 0 Å². The lowest BCUT2D eigenvalue weighted by Gasteiger charge is -2.00. The molecule has 0 atom stereocenters. The van der Waals surface area contributed by atoms with E-state index in [0.717, 1.165) is 27.0 Å². The van der Waals surface area contributed by atoms with E-state index in [1.807, 2.05) is 31.2 Å². The molecule has 0 aliphatic heterocycles. The number of benzene rings is 1. The van der Waals surface area contributed by atoms with E-state index in [-0.39, 0.29) is 4.96 Å². The molecule has 19 heavy (non-hydrogen) atoms. The molecule has 0 spiro atoms. The van der Waals surface area contributed by atoms with Crippen molar-refractivity contribution in [3.05, 3.63) is 35.7 Å². The van der Waals surface area contributed by atoms with Crippen LogP contribution in [-0.2, 0) is 6.18 Å². The minimum absolute atomic E-state index is 0.128. The molecule has 1 aromatic carbocycles. The van der Waals surface area contributed by atoms with Crippen LogP contribution in [0.15, 0.2) is 24.3 Å². The number of halogens is 3. The highest BCUT2D eigenvalue weighted by Gasteiger charge is 2.38. The maximum Gasteiger partial charge on any atom is 0.453 e. The molecular weight excluding hydrogens is 277 g/mol. The van der Waals surface area contributed by atoms with Crippen LogP contribution in [0.2, 0.25) is 0 Å². The number of nitrogens with zero attached hydrogens (tertiary/aromatic N) is 4. The van der Waals surface area contributed by atoms with Crippen molar-refractivity contribution in [2.75, 3.05) is 0 Å². The summed E-state index contributed by atoms with van der Waals surface area (Å²) in [5.41, 5.74) is 1.83. The highest BCUT2D eigenvalue weighted by Crippen LogP contribution is 2.31. The van der Waals surface area contributed by atoms with E-state index in [2.05, 4.69) is 15.3 Å². The predicted octanol–water partition coefficient (Wildman–Crippen LogP) is 3.18. The summed E-state index contributed by atoms with van der Waals surface area (Å²) in [6, 6.07) is 7.38. The molecule has 4 nitrogen and oxygen atoms in total. The summed E-state index contributed by atoms with van der Waals surface area (Å²) in [5, 5.41) is 11.0. The van der Waals surface area contributed by atoms with Crippen LogP contribution < -0.4 is 0 Å². The zero-order chi connectivity index (χ0) is 13.6. The number of rotatable bonds is 1. The number of aryl methyl sites for hydroxylation is 1. The summed E-state index contributed by atoms with van der Waals surface area (Å²) in [4.78, 5) is 0.128. The molecule has 0 unspecified atom stereocenters. The molecule has 2 heterocycles. The molecular formula is C11H7F3N4S. The van der Waals surface area contributed by atoms with Gasteiger partial charge in [0.15, 0.2) is 0 Å². The lowest BCUT2D eigenvalue weighted by Crippen LogP contribution is -2.11. The first-order chi connectivity index (χ1) is 8.95. The van der Waals surface area contributed by atoms with E-state index in [9.17, 15) is 13.2 Å². The molecule has 0 bridgehead atoms. The maximum absolute atomic E-state index is 12.7. The SMILES string of the molecule is Cc1ccc(-c2nn3c(C(F)(F)F)nnc3s2)cc1. The topological polar surface area (TPSA) is 43.1 Å². The van der Waals surface area contributed by atoms with Crippen LogP contribution in [0.4, 0.5) is 13.2 Å². The highest BCUT2D eigenvalue weighted by molar-refractivity contribution is 7.19. The lowest BCUT2D eigenvalue weighted by atomic mass is 10.2. The molecule has 8 heteroatoms. The Morgan fingerprint density at radius 1 is 1.11 bits per heavy atom. The fourth-order valence-electron chi connectivity index (χ4n) is 1.61. The molecule has 0 radical (unpaired) electrons. The summed E-state index contributed by atoms with van der Waals surface area (Å²) >= 11 is 1.07. The van der Waals surface area contributed by atoms with Gasteiger partial charge in [0.05, 0.1) is 0 Å². The van der Waals surface area contributed by atoms with E-state index in [1.165, 1.54) is 0 Å². The van der Waals surface area contributed by atoms with Crippen LogP contribution in [-0.4, -0.2) is 19.8 Å². The average molecular weight is 284 g/mol. The Morgan fingerprint density at radius 2 is 1.79 bits per heavy atom. The van der Waals surface area contributed by atoms with E-state index < -0.39 is 12.0 Å². The Hall–Kier alpha value is -1.96. The Kier molecular flexibility index (Phi) is 2.56. The van der Waals surface area contributed by atoms with E-state index in [0.29, 0.717) is 5.01 Å². The van der Waals surface area contributed by atoms with Crippen molar-refractivity contribution in [3.8, 4) is 10.6 Å². The third-order valence-electron chi connectivity index (χ3n) is 2.54. The Bertz CT molecular complexity index is 727. The number of fused-ring (bicyclic) bond motifs is 1. The van der Waals surface area contributed by atoms with Gasteiger partial charge in [0.1, 0.15) is 5.01 Å². The molecule has 3 aromatic rings. The first kappa shape index (κ1) is 12.1. The Labute approximate surface area is 109 Å². The molecule has 0 saturated heterocycles. The van der Waals surface area contributed by atoms with Crippen LogP contribution in [0.3, 0.4) is 0 Å². The fourth-order valence-corrected chi connectivity index (χ4v) is 2.45. The molecule has 2 aromatic heterocycles. The second kappa shape index (κ2) is 4.02. The van der Waals surface area contributed by atoms with Crippen molar-refractivity contribution in [1.82, 2.24) is 19.8 Å². The maximum atomic E-state index is 12.7. The molecule has 0 amide bonds. The first-order valence-electron chi connectivity index (χ1n) is 5.31. The standard InChI is InChI=1S/C11H7F3N4S/c1-6-2-4-7(5-3-6)8-17-18-9(11(12,13)14)15-16-10(18)19-8/h2-5H,1H3. The summed E-state index contributed by atoms with van der Waals surface area (Å²) in [6.07, 6.45) is -4.56. The number of alkyl halides is 3. The summed E-state index contributed by atoms with van der Waals surface area (Å²) in [7, 11) is 0. The second-order valence-electron chi connectivity index (χ2n) is 3.99. The smallest absolute Gasteiger partial charge is 0.178 e. The van der Waals surface area contributed by atoms with E-state index in [1.54, 1.807) is 0 Å². The van der Waals surface area contributed by atoms with Gasteiger partial charge in [0.2, 0.25) is 4.96 Å². The van der Waals surface area contributed by atoms with E-state index in [4.69, 9.17) is 0 Å². The normalized spacial score (nSPS) is 12.2. The van der Waals surface area contributed by atoms with Crippen molar-refractivity contribution in [2.45, 2.75) is 13.1 Å². The van der Waals surface area contributed by atoms with Crippen molar-refractivity contribution in [1.29, 1.82) is 0 Å². The number of hydrogen-bond donors (Lipinski definition) is 0. The van der Waals surface area contributed by atoms with Gasteiger partial charge in [-0.15, -0.1) is 10.2 Å². The molecule has 0 aliphatic rings. The van der Waals surface area contributed by atoms with E-state index >= 15 is 0 Å². The molecule has 98 valence electrons. The van der Waals surface area contributed by atoms with Crippen molar-refractivity contribution >= 4 is 16.3 Å². The van der Waals surface area contributed by atoms with Gasteiger partial charge >= 0.3 is 6.18 Å². The molecule has 0 N–H and O–H groups in total.